The van der Waals surface area contributed by atoms with Gasteiger partial charge in [0.15, 0.2) is 5.78 Å². The lowest BCUT2D eigenvalue weighted by Gasteiger charge is -2.04. The van der Waals surface area contributed by atoms with Crippen LogP contribution in [-0.4, -0.2) is 28.7 Å². The third kappa shape index (κ3) is 3.66. The molecule has 1 aromatic heterocycles. The fourth-order valence-electron chi connectivity index (χ4n) is 1.73. The van der Waals surface area contributed by atoms with E-state index in [1.807, 2.05) is 30.3 Å². The number of hydrogen-bond donors (Lipinski definition) is 1. The molecule has 1 heterocycles. The van der Waals surface area contributed by atoms with Crippen LogP contribution in [0.25, 0.3) is 11.3 Å². The van der Waals surface area contributed by atoms with Crippen molar-refractivity contribution >= 4 is 5.78 Å². The number of rotatable bonds is 6. The van der Waals surface area contributed by atoms with Gasteiger partial charge in [-0.1, -0.05) is 0 Å². The van der Waals surface area contributed by atoms with Gasteiger partial charge in [0.05, 0.1) is 12.2 Å². The van der Waals surface area contributed by atoms with E-state index in [1.165, 1.54) is 0 Å². The SMILES string of the molecule is CC(=O)Cn1ccc(-c2ccc(OCCN)cc2)n1. The largest absolute Gasteiger partial charge is 0.492 e. The highest BCUT2D eigenvalue weighted by Crippen LogP contribution is 2.20. The van der Waals surface area contributed by atoms with E-state index in [0.717, 1.165) is 17.0 Å². The van der Waals surface area contributed by atoms with Crippen LogP contribution < -0.4 is 10.5 Å². The van der Waals surface area contributed by atoms with Gasteiger partial charge in [0, 0.05) is 18.3 Å². The molecule has 5 heteroatoms. The third-order valence-corrected chi connectivity index (χ3v) is 2.56. The second-order valence-electron chi connectivity index (χ2n) is 4.26. The van der Waals surface area contributed by atoms with Gasteiger partial charge < -0.3 is 10.5 Å². The Morgan fingerprint density at radius 2 is 2.05 bits per heavy atom. The van der Waals surface area contributed by atoms with Gasteiger partial charge in [-0.05, 0) is 37.3 Å². The molecule has 0 unspecified atom stereocenters. The lowest BCUT2D eigenvalue weighted by atomic mass is 10.1. The van der Waals surface area contributed by atoms with Crippen LogP contribution in [0.3, 0.4) is 0 Å². The maximum absolute atomic E-state index is 11.0. The van der Waals surface area contributed by atoms with E-state index in [0.29, 0.717) is 19.7 Å². The van der Waals surface area contributed by atoms with Crippen LogP contribution >= 0.6 is 0 Å². The summed E-state index contributed by atoms with van der Waals surface area (Å²) in [7, 11) is 0. The van der Waals surface area contributed by atoms with Crippen LogP contribution in [-0.2, 0) is 11.3 Å². The summed E-state index contributed by atoms with van der Waals surface area (Å²) in [4.78, 5) is 11.0. The Kier molecular flexibility index (Phi) is 4.30. The first-order valence-electron chi connectivity index (χ1n) is 6.15. The second-order valence-corrected chi connectivity index (χ2v) is 4.26. The van der Waals surface area contributed by atoms with Gasteiger partial charge in [0.1, 0.15) is 12.4 Å². The van der Waals surface area contributed by atoms with Crippen molar-refractivity contribution in [3.8, 4) is 17.0 Å². The first-order valence-corrected chi connectivity index (χ1v) is 6.15. The zero-order chi connectivity index (χ0) is 13.7. The van der Waals surface area contributed by atoms with Crippen LogP contribution in [0.5, 0.6) is 5.75 Å². The monoisotopic (exact) mass is 259 g/mol. The Hall–Kier alpha value is -2.14. The fraction of sp³-hybridized carbons (Fsp3) is 0.286. The van der Waals surface area contributed by atoms with Gasteiger partial charge in [0.25, 0.3) is 0 Å². The van der Waals surface area contributed by atoms with Crippen LogP contribution in [0.1, 0.15) is 6.92 Å². The van der Waals surface area contributed by atoms with Crippen molar-refractivity contribution in [1.29, 1.82) is 0 Å². The van der Waals surface area contributed by atoms with E-state index in [1.54, 1.807) is 17.8 Å². The molecule has 0 bridgehead atoms. The van der Waals surface area contributed by atoms with E-state index in [2.05, 4.69) is 5.10 Å². The Labute approximate surface area is 112 Å². The second kappa shape index (κ2) is 6.15. The highest BCUT2D eigenvalue weighted by atomic mass is 16.5. The van der Waals surface area contributed by atoms with Gasteiger partial charge in [-0.2, -0.15) is 5.10 Å². The number of nitrogens with two attached hydrogens (primary N) is 1. The molecule has 0 aliphatic rings. The number of hydrogen-bond acceptors (Lipinski definition) is 4. The van der Waals surface area contributed by atoms with Crippen molar-refractivity contribution in [3.63, 3.8) is 0 Å². The van der Waals surface area contributed by atoms with E-state index in [4.69, 9.17) is 10.5 Å². The minimum absolute atomic E-state index is 0.0835. The predicted octanol–water partition coefficient (Wildman–Crippen LogP) is 1.48. The third-order valence-electron chi connectivity index (χ3n) is 2.56. The van der Waals surface area contributed by atoms with Gasteiger partial charge in [0.2, 0.25) is 0 Å². The maximum atomic E-state index is 11.0. The molecule has 0 aliphatic carbocycles. The van der Waals surface area contributed by atoms with Gasteiger partial charge >= 0.3 is 0 Å². The molecular formula is C14H17N3O2. The summed E-state index contributed by atoms with van der Waals surface area (Å²) < 4.78 is 7.04. The summed E-state index contributed by atoms with van der Waals surface area (Å²) in [5.74, 6) is 0.873. The number of carbonyl (C=O) groups is 1. The molecule has 19 heavy (non-hydrogen) atoms. The lowest BCUT2D eigenvalue weighted by Crippen LogP contribution is -2.10. The summed E-state index contributed by atoms with van der Waals surface area (Å²) in [5, 5.41) is 4.35. The molecule has 0 radical (unpaired) electrons. The standard InChI is InChI=1S/C14H17N3O2/c1-11(18)10-17-8-6-14(16-17)12-2-4-13(5-3-12)19-9-7-15/h2-6,8H,7,9-10,15H2,1H3. The number of benzene rings is 1. The smallest absolute Gasteiger partial charge is 0.151 e. The van der Waals surface area contributed by atoms with Crippen molar-refractivity contribution in [2.24, 2.45) is 5.73 Å². The number of aromatic nitrogens is 2. The number of nitrogens with zero attached hydrogens (tertiary/aromatic N) is 2. The van der Waals surface area contributed by atoms with Crippen molar-refractivity contribution in [2.75, 3.05) is 13.2 Å². The van der Waals surface area contributed by atoms with Gasteiger partial charge in [-0.25, -0.2) is 0 Å². The van der Waals surface area contributed by atoms with Gasteiger partial charge in [-0.3, -0.25) is 9.48 Å². The Morgan fingerprint density at radius 3 is 2.68 bits per heavy atom. The van der Waals surface area contributed by atoms with Crippen molar-refractivity contribution in [2.45, 2.75) is 13.5 Å². The minimum atomic E-state index is 0.0835. The van der Waals surface area contributed by atoms with E-state index >= 15 is 0 Å². The zero-order valence-corrected chi connectivity index (χ0v) is 10.9. The average Bonchev–Trinajstić information content (AvgIpc) is 2.84. The van der Waals surface area contributed by atoms with Crippen LogP contribution in [0.4, 0.5) is 0 Å². The number of ether oxygens (including phenoxy) is 1. The summed E-state index contributed by atoms with van der Waals surface area (Å²) in [6.45, 7) is 2.85. The molecule has 0 fully saturated rings. The average molecular weight is 259 g/mol. The Balaban J connectivity index is 2.09. The van der Waals surface area contributed by atoms with Crippen molar-refractivity contribution < 1.29 is 9.53 Å². The topological polar surface area (TPSA) is 70.1 Å². The van der Waals surface area contributed by atoms with Crippen LogP contribution in [0.2, 0.25) is 0 Å². The van der Waals surface area contributed by atoms with Crippen LogP contribution in [0.15, 0.2) is 36.5 Å². The Bertz CT molecular complexity index is 546. The molecule has 5 nitrogen and oxygen atoms in total. The summed E-state index contributed by atoms with van der Waals surface area (Å²) in [6, 6.07) is 9.53. The van der Waals surface area contributed by atoms with Crippen molar-refractivity contribution in [3.05, 3.63) is 36.5 Å². The highest BCUT2D eigenvalue weighted by molar-refractivity contribution is 5.75. The lowest BCUT2D eigenvalue weighted by molar-refractivity contribution is -0.117. The van der Waals surface area contributed by atoms with Gasteiger partial charge in [-0.15, -0.1) is 0 Å². The summed E-state index contributed by atoms with van der Waals surface area (Å²) >= 11 is 0. The van der Waals surface area contributed by atoms with E-state index < -0.39 is 0 Å². The molecule has 2 rings (SSSR count). The normalized spacial score (nSPS) is 10.4. The molecule has 2 N–H and O–H groups in total. The predicted molar refractivity (Wildman–Crippen MR) is 72.9 cm³/mol. The summed E-state index contributed by atoms with van der Waals surface area (Å²) in [5.41, 5.74) is 7.20. The molecular weight excluding hydrogens is 242 g/mol. The minimum Gasteiger partial charge on any atom is -0.492 e. The zero-order valence-electron chi connectivity index (χ0n) is 10.9. The molecule has 0 saturated carbocycles. The number of carbonyl (C=O) groups excluding carboxylic acids is 1. The first kappa shape index (κ1) is 13.3. The molecule has 0 aliphatic heterocycles. The van der Waals surface area contributed by atoms with E-state index in [9.17, 15) is 4.79 Å². The molecule has 2 aromatic rings. The Morgan fingerprint density at radius 1 is 1.32 bits per heavy atom. The van der Waals surface area contributed by atoms with Crippen molar-refractivity contribution in [1.82, 2.24) is 9.78 Å². The first-order chi connectivity index (χ1) is 9.19. The molecule has 0 atom stereocenters. The molecule has 100 valence electrons. The molecule has 1 aromatic carbocycles. The van der Waals surface area contributed by atoms with Crippen LogP contribution in [0, 0.1) is 0 Å². The quantitative estimate of drug-likeness (QED) is 0.853. The maximum Gasteiger partial charge on any atom is 0.151 e. The molecule has 0 saturated heterocycles. The summed E-state index contributed by atoms with van der Waals surface area (Å²) in [6.07, 6.45) is 1.80. The fourth-order valence-corrected chi connectivity index (χ4v) is 1.73. The molecule has 0 spiro atoms. The highest BCUT2D eigenvalue weighted by Gasteiger charge is 2.04. The molecule has 0 amide bonds. The number of ketones is 1. The van der Waals surface area contributed by atoms with E-state index in [-0.39, 0.29) is 5.78 Å². The number of Topliss-reactive ketones (excluding diaryl/α,β-unsaturated/α-hetero) is 1.